The molecule has 0 unspecified atom stereocenters. The molecule has 8 heteroatoms. The van der Waals surface area contributed by atoms with E-state index in [0.29, 0.717) is 12.1 Å². The fourth-order valence-corrected chi connectivity index (χ4v) is 3.87. The molecular weight excluding hydrogens is 386 g/mol. The zero-order valence-electron chi connectivity index (χ0n) is 16.4. The molecule has 0 aliphatic carbocycles. The van der Waals surface area contributed by atoms with Gasteiger partial charge in [0.2, 0.25) is 0 Å². The molecular formula is C21H21N5O2S. The normalized spacial score (nSPS) is 11.0. The summed E-state index contributed by atoms with van der Waals surface area (Å²) in [6, 6.07) is 13.4. The van der Waals surface area contributed by atoms with E-state index in [1.54, 1.807) is 12.6 Å². The summed E-state index contributed by atoms with van der Waals surface area (Å²) in [6.45, 7) is 4.54. The summed E-state index contributed by atoms with van der Waals surface area (Å²) in [6.07, 6.45) is 3.32. The van der Waals surface area contributed by atoms with Crippen molar-refractivity contribution in [2.24, 2.45) is 7.05 Å². The molecule has 0 radical (unpaired) electrons. The molecule has 0 spiro atoms. The van der Waals surface area contributed by atoms with E-state index < -0.39 is 0 Å². The fraction of sp³-hybridized carbons (Fsp3) is 0.190. The Morgan fingerprint density at radius 3 is 2.66 bits per heavy atom. The number of nitrogens with zero attached hydrogens (tertiary/aromatic N) is 4. The van der Waals surface area contributed by atoms with Crippen LogP contribution in [0, 0.1) is 13.8 Å². The number of rotatable bonds is 6. The average molecular weight is 407 g/mol. The van der Waals surface area contributed by atoms with Crippen LogP contribution in [-0.4, -0.2) is 25.2 Å². The summed E-state index contributed by atoms with van der Waals surface area (Å²) in [5, 5.41) is 11.7. The van der Waals surface area contributed by atoms with Crippen molar-refractivity contribution in [3.63, 3.8) is 0 Å². The van der Waals surface area contributed by atoms with Gasteiger partial charge in [0, 0.05) is 29.0 Å². The van der Waals surface area contributed by atoms with Gasteiger partial charge in [0.1, 0.15) is 12.1 Å². The van der Waals surface area contributed by atoms with Crippen molar-refractivity contribution in [3.8, 4) is 0 Å². The van der Waals surface area contributed by atoms with E-state index in [1.807, 2.05) is 67.9 Å². The van der Waals surface area contributed by atoms with Crippen LogP contribution in [0.3, 0.4) is 0 Å². The summed E-state index contributed by atoms with van der Waals surface area (Å²) in [5.74, 6) is 0.729. The SMILES string of the molecule is Cc1cc(C(=O)Nc2ccc(Sc3nncn3C)cc2)c(C)n1Cc1ccco1. The standard InChI is InChI=1S/C21H21N5O2S/c1-14-11-19(15(2)26(14)12-17-5-4-10-28-17)20(27)23-16-6-8-18(9-7-16)29-21-24-22-13-25(21)3/h4-11,13H,12H2,1-3H3,(H,23,27). The molecule has 3 aromatic heterocycles. The first-order chi connectivity index (χ1) is 14.0. The summed E-state index contributed by atoms with van der Waals surface area (Å²) in [7, 11) is 1.90. The third-order valence-electron chi connectivity index (χ3n) is 4.70. The van der Waals surface area contributed by atoms with Gasteiger partial charge in [-0.3, -0.25) is 4.79 Å². The molecule has 3 heterocycles. The van der Waals surface area contributed by atoms with Crippen molar-refractivity contribution in [1.82, 2.24) is 19.3 Å². The monoisotopic (exact) mass is 407 g/mol. The smallest absolute Gasteiger partial charge is 0.257 e. The predicted octanol–water partition coefficient (Wildman–Crippen LogP) is 4.28. The summed E-state index contributed by atoms with van der Waals surface area (Å²) in [4.78, 5) is 13.8. The molecule has 0 aliphatic heterocycles. The van der Waals surface area contributed by atoms with Crippen LogP contribution in [-0.2, 0) is 13.6 Å². The minimum absolute atomic E-state index is 0.127. The first kappa shape index (κ1) is 19.1. The van der Waals surface area contributed by atoms with E-state index in [4.69, 9.17) is 4.42 Å². The lowest BCUT2D eigenvalue weighted by Crippen LogP contribution is -2.13. The molecule has 0 aliphatic rings. The molecule has 0 fully saturated rings. The van der Waals surface area contributed by atoms with Gasteiger partial charge in [-0.15, -0.1) is 10.2 Å². The molecule has 4 aromatic rings. The van der Waals surface area contributed by atoms with Gasteiger partial charge in [-0.2, -0.15) is 0 Å². The Morgan fingerprint density at radius 1 is 1.21 bits per heavy atom. The maximum absolute atomic E-state index is 12.8. The number of amides is 1. The Kier molecular flexibility index (Phi) is 5.26. The molecule has 1 amide bonds. The topological polar surface area (TPSA) is 77.9 Å². The fourth-order valence-electron chi connectivity index (χ4n) is 3.11. The molecule has 29 heavy (non-hydrogen) atoms. The Labute approximate surface area is 172 Å². The third-order valence-corrected chi connectivity index (χ3v) is 5.76. The molecule has 7 nitrogen and oxygen atoms in total. The number of hydrogen-bond donors (Lipinski definition) is 1. The van der Waals surface area contributed by atoms with Crippen molar-refractivity contribution >= 4 is 23.4 Å². The molecule has 0 saturated carbocycles. The van der Waals surface area contributed by atoms with E-state index >= 15 is 0 Å². The van der Waals surface area contributed by atoms with Crippen molar-refractivity contribution in [2.45, 2.75) is 30.4 Å². The Balaban J connectivity index is 1.46. The Hall–Kier alpha value is -3.26. The van der Waals surface area contributed by atoms with Crippen molar-refractivity contribution in [3.05, 3.63) is 77.8 Å². The van der Waals surface area contributed by atoms with Gasteiger partial charge < -0.3 is 18.9 Å². The molecule has 0 atom stereocenters. The number of benzene rings is 1. The van der Waals surface area contributed by atoms with Crippen LogP contribution in [0.2, 0.25) is 0 Å². The number of aryl methyl sites for hydroxylation is 2. The van der Waals surface area contributed by atoms with Gasteiger partial charge in [-0.05, 0) is 68.1 Å². The van der Waals surface area contributed by atoms with Crippen LogP contribution in [0.4, 0.5) is 5.69 Å². The van der Waals surface area contributed by atoms with Crippen LogP contribution in [0.1, 0.15) is 27.5 Å². The van der Waals surface area contributed by atoms with Gasteiger partial charge in [0.05, 0.1) is 18.4 Å². The van der Waals surface area contributed by atoms with Gasteiger partial charge in [0.15, 0.2) is 5.16 Å². The second-order valence-corrected chi connectivity index (χ2v) is 7.80. The van der Waals surface area contributed by atoms with Crippen molar-refractivity contribution in [2.75, 3.05) is 5.32 Å². The van der Waals surface area contributed by atoms with Crippen molar-refractivity contribution < 1.29 is 9.21 Å². The average Bonchev–Trinajstić information content (AvgIpc) is 3.42. The minimum atomic E-state index is -0.127. The van der Waals surface area contributed by atoms with Gasteiger partial charge in [-0.25, -0.2) is 0 Å². The highest BCUT2D eigenvalue weighted by atomic mass is 32.2. The number of carbonyl (C=O) groups excluding carboxylic acids is 1. The lowest BCUT2D eigenvalue weighted by atomic mass is 10.2. The molecule has 148 valence electrons. The largest absolute Gasteiger partial charge is 0.467 e. The molecule has 0 saturated heterocycles. The molecule has 0 bridgehead atoms. The zero-order valence-corrected chi connectivity index (χ0v) is 17.2. The van der Waals surface area contributed by atoms with Crippen molar-refractivity contribution in [1.29, 1.82) is 0 Å². The Bertz CT molecular complexity index is 1130. The molecule has 1 N–H and O–H groups in total. The maximum Gasteiger partial charge on any atom is 0.257 e. The predicted molar refractivity (Wildman–Crippen MR) is 111 cm³/mol. The van der Waals surface area contributed by atoms with E-state index in [2.05, 4.69) is 20.1 Å². The highest BCUT2D eigenvalue weighted by Gasteiger charge is 2.16. The van der Waals surface area contributed by atoms with Gasteiger partial charge in [0.25, 0.3) is 5.91 Å². The number of nitrogens with one attached hydrogen (secondary N) is 1. The third kappa shape index (κ3) is 4.12. The van der Waals surface area contributed by atoms with Crippen LogP contribution in [0.15, 0.2) is 69.5 Å². The lowest BCUT2D eigenvalue weighted by molar-refractivity contribution is 0.102. The highest BCUT2D eigenvalue weighted by molar-refractivity contribution is 7.99. The van der Waals surface area contributed by atoms with E-state index in [-0.39, 0.29) is 5.91 Å². The quantitative estimate of drug-likeness (QED) is 0.516. The first-order valence-corrected chi connectivity index (χ1v) is 9.95. The molecule has 1 aromatic carbocycles. The number of furan rings is 1. The number of hydrogen-bond acceptors (Lipinski definition) is 5. The minimum Gasteiger partial charge on any atom is -0.467 e. The van der Waals surface area contributed by atoms with Gasteiger partial charge >= 0.3 is 0 Å². The maximum atomic E-state index is 12.8. The van der Waals surface area contributed by atoms with Crippen LogP contribution >= 0.6 is 11.8 Å². The van der Waals surface area contributed by atoms with E-state index in [0.717, 1.165) is 32.9 Å². The number of aromatic nitrogens is 4. The highest BCUT2D eigenvalue weighted by Crippen LogP contribution is 2.27. The second-order valence-electron chi connectivity index (χ2n) is 6.76. The number of carbonyl (C=O) groups is 1. The first-order valence-electron chi connectivity index (χ1n) is 9.13. The van der Waals surface area contributed by atoms with E-state index in [9.17, 15) is 4.79 Å². The summed E-state index contributed by atoms with van der Waals surface area (Å²) < 4.78 is 9.37. The Morgan fingerprint density at radius 2 is 2.00 bits per heavy atom. The summed E-state index contributed by atoms with van der Waals surface area (Å²) >= 11 is 1.52. The van der Waals surface area contributed by atoms with Crippen LogP contribution in [0.5, 0.6) is 0 Å². The zero-order chi connectivity index (χ0) is 20.4. The summed E-state index contributed by atoms with van der Waals surface area (Å²) in [5.41, 5.74) is 3.32. The van der Waals surface area contributed by atoms with Crippen LogP contribution < -0.4 is 5.32 Å². The number of anilines is 1. The molecule has 4 rings (SSSR count). The lowest BCUT2D eigenvalue weighted by Gasteiger charge is -2.09. The van der Waals surface area contributed by atoms with E-state index in [1.165, 1.54) is 11.8 Å². The second kappa shape index (κ2) is 8.00. The van der Waals surface area contributed by atoms with Crippen LogP contribution in [0.25, 0.3) is 0 Å². The van der Waals surface area contributed by atoms with Gasteiger partial charge in [-0.1, -0.05) is 0 Å².